The summed E-state index contributed by atoms with van der Waals surface area (Å²) in [5.41, 5.74) is 5.54. The van der Waals surface area contributed by atoms with Crippen LogP contribution in [0.2, 0.25) is 0 Å². The van der Waals surface area contributed by atoms with Crippen LogP contribution in [0.1, 0.15) is 19.4 Å². The molecule has 0 radical (unpaired) electrons. The molecule has 4 rings (SSSR count). The van der Waals surface area contributed by atoms with E-state index in [1.165, 1.54) is 22.0 Å². The number of benzene rings is 2. The molecule has 0 amide bonds. The number of ether oxygens (including phenoxy) is 1. The van der Waals surface area contributed by atoms with Crippen molar-refractivity contribution < 1.29 is 18.1 Å². The summed E-state index contributed by atoms with van der Waals surface area (Å²) in [5, 5.41) is 15.8. The van der Waals surface area contributed by atoms with Crippen LogP contribution < -0.4 is 10.3 Å². The molecule has 1 saturated heterocycles. The van der Waals surface area contributed by atoms with Gasteiger partial charge in [0.15, 0.2) is 0 Å². The van der Waals surface area contributed by atoms with Crippen molar-refractivity contribution >= 4 is 33.3 Å². The van der Waals surface area contributed by atoms with Gasteiger partial charge in [0, 0.05) is 49.2 Å². The van der Waals surface area contributed by atoms with Crippen LogP contribution in [0.5, 0.6) is 0 Å². The molecule has 10 nitrogen and oxygen atoms in total. The molecule has 0 atom stereocenters. The van der Waals surface area contributed by atoms with Crippen LogP contribution in [0.3, 0.4) is 0 Å². The average molecular weight is 486 g/mol. The van der Waals surface area contributed by atoms with E-state index >= 15 is 0 Å². The molecule has 0 bridgehead atoms. The van der Waals surface area contributed by atoms with Crippen molar-refractivity contribution in [2.75, 3.05) is 43.7 Å². The van der Waals surface area contributed by atoms with Crippen LogP contribution in [-0.4, -0.2) is 57.2 Å². The average Bonchev–Trinajstić information content (AvgIpc) is 3.02. The smallest absolute Gasteiger partial charge is 0.295 e. The van der Waals surface area contributed by atoms with Crippen LogP contribution in [0.25, 0.3) is 0 Å². The number of nitrogens with one attached hydrogen (secondary N) is 1. The fraction of sp³-hybridized carbons (Fsp3) is 0.348. The number of nitrogens with zero attached hydrogens (tertiary/aromatic N) is 4. The molecule has 1 fully saturated rings. The fourth-order valence-corrected chi connectivity index (χ4v) is 5.80. The van der Waals surface area contributed by atoms with E-state index in [-0.39, 0.29) is 34.8 Å². The highest BCUT2D eigenvalue weighted by Gasteiger charge is 2.37. The summed E-state index contributed by atoms with van der Waals surface area (Å²) in [7, 11) is -1.86. The Morgan fingerprint density at radius 1 is 1.18 bits per heavy atom. The Labute approximate surface area is 198 Å². The molecule has 0 aromatic heterocycles. The third kappa shape index (κ3) is 4.29. The molecule has 11 heteroatoms. The lowest BCUT2D eigenvalue weighted by atomic mass is 9.84. The normalized spacial score (nSPS) is 19.5. The highest BCUT2D eigenvalue weighted by molar-refractivity contribution is 7.89. The molecule has 34 heavy (non-hydrogen) atoms. The zero-order chi connectivity index (χ0) is 24.5. The van der Waals surface area contributed by atoms with Crippen LogP contribution in [0, 0.1) is 10.1 Å². The minimum Gasteiger partial charge on any atom is -0.379 e. The largest absolute Gasteiger partial charge is 0.379 e. The van der Waals surface area contributed by atoms with Crippen LogP contribution in [0.15, 0.2) is 64.2 Å². The second-order valence-corrected chi connectivity index (χ2v) is 10.5. The van der Waals surface area contributed by atoms with Crippen molar-refractivity contribution in [2.24, 2.45) is 5.10 Å². The number of anilines is 2. The van der Waals surface area contributed by atoms with Gasteiger partial charge in [-0.3, -0.25) is 15.5 Å². The third-order valence-electron chi connectivity index (χ3n) is 6.21. The number of likely N-dealkylation sites (N-methyl/N-ethyl adjacent to an activating group) is 1. The number of para-hydroxylation sites is 1. The molecule has 0 unspecified atom stereocenters. The van der Waals surface area contributed by atoms with Crippen molar-refractivity contribution in [1.29, 1.82) is 0 Å². The number of sulfonamides is 1. The van der Waals surface area contributed by atoms with Gasteiger partial charge in [-0.05, 0) is 29.8 Å². The number of allylic oxidation sites excluding steroid dienone is 2. The van der Waals surface area contributed by atoms with Crippen molar-refractivity contribution in [1.82, 2.24) is 4.31 Å². The van der Waals surface area contributed by atoms with Crippen molar-refractivity contribution in [2.45, 2.75) is 24.2 Å². The Morgan fingerprint density at radius 2 is 1.88 bits per heavy atom. The summed E-state index contributed by atoms with van der Waals surface area (Å²) < 4.78 is 32.2. The van der Waals surface area contributed by atoms with Gasteiger partial charge >= 0.3 is 0 Å². The zero-order valence-electron chi connectivity index (χ0n) is 19.3. The van der Waals surface area contributed by atoms with Crippen LogP contribution in [0.4, 0.5) is 17.1 Å². The van der Waals surface area contributed by atoms with Gasteiger partial charge in [-0.1, -0.05) is 32.0 Å². The Kier molecular flexibility index (Phi) is 6.43. The molecule has 2 aliphatic heterocycles. The number of hydrazone groups is 1. The van der Waals surface area contributed by atoms with E-state index in [4.69, 9.17) is 4.74 Å². The Bertz CT molecular complexity index is 1270. The van der Waals surface area contributed by atoms with E-state index in [0.29, 0.717) is 13.2 Å². The van der Waals surface area contributed by atoms with Gasteiger partial charge in [0.05, 0.1) is 23.0 Å². The minimum atomic E-state index is -3.85. The van der Waals surface area contributed by atoms with E-state index in [0.717, 1.165) is 17.5 Å². The highest BCUT2D eigenvalue weighted by atomic mass is 32.2. The summed E-state index contributed by atoms with van der Waals surface area (Å²) in [6.45, 7) is 5.26. The van der Waals surface area contributed by atoms with Gasteiger partial charge in [0.25, 0.3) is 5.69 Å². The molecule has 1 N–H and O–H groups in total. The van der Waals surface area contributed by atoms with Crippen molar-refractivity contribution in [3.63, 3.8) is 0 Å². The summed E-state index contributed by atoms with van der Waals surface area (Å²) in [5.74, 6) is 0. The van der Waals surface area contributed by atoms with Crippen LogP contribution >= 0.6 is 0 Å². The lowest BCUT2D eigenvalue weighted by Crippen LogP contribution is -2.40. The molecule has 2 heterocycles. The maximum Gasteiger partial charge on any atom is 0.295 e. The minimum absolute atomic E-state index is 0.0999. The van der Waals surface area contributed by atoms with Crippen molar-refractivity contribution in [3.05, 3.63) is 69.9 Å². The van der Waals surface area contributed by atoms with E-state index in [9.17, 15) is 18.5 Å². The molecular formula is C23H27N5O5S. The Balaban J connectivity index is 1.55. The van der Waals surface area contributed by atoms with Crippen molar-refractivity contribution in [3.8, 4) is 0 Å². The number of fused-ring (bicyclic) bond motifs is 1. The predicted octanol–water partition coefficient (Wildman–Crippen LogP) is 3.32. The standard InChI is InChI=1S/C23H27N5O5S/c1-23(2)18-6-4-5-7-20(18)26(3)22(23)10-11-24-25-19-9-8-17(16-21(19)28(29)30)34(31,32)27-12-14-33-15-13-27/h4-11,16,25H,12-15H2,1-3H3/b22-10-,24-11+. The molecule has 0 spiro atoms. The second kappa shape index (κ2) is 9.16. The zero-order valence-corrected chi connectivity index (χ0v) is 20.1. The van der Waals surface area contributed by atoms with E-state index < -0.39 is 14.9 Å². The first-order valence-electron chi connectivity index (χ1n) is 10.8. The maximum absolute atomic E-state index is 12.9. The molecule has 0 saturated carbocycles. The van der Waals surface area contributed by atoms with Gasteiger partial charge in [-0.25, -0.2) is 8.42 Å². The fourth-order valence-electron chi connectivity index (χ4n) is 4.37. The number of hydrogen-bond donors (Lipinski definition) is 1. The van der Waals surface area contributed by atoms with Gasteiger partial charge < -0.3 is 9.64 Å². The summed E-state index contributed by atoms with van der Waals surface area (Å²) in [6, 6.07) is 11.9. The van der Waals surface area contributed by atoms with Gasteiger partial charge in [0.1, 0.15) is 5.69 Å². The number of hydrogen-bond acceptors (Lipinski definition) is 8. The molecule has 2 aromatic rings. The number of rotatable bonds is 6. The van der Waals surface area contributed by atoms with Crippen LogP contribution in [-0.2, 0) is 20.2 Å². The first-order chi connectivity index (χ1) is 16.1. The number of nitro benzene ring substituents is 1. The second-order valence-electron chi connectivity index (χ2n) is 8.60. The predicted molar refractivity (Wildman–Crippen MR) is 131 cm³/mol. The number of morpholine rings is 1. The molecule has 0 aliphatic carbocycles. The number of nitro groups is 1. The quantitative estimate of drug-likeness (QED) is 0.379. The Hall–Kier alpha value is -3.28. The first kappa shape index (κ1) is 23.9. The highest BCUT2D eigenvalue weighted by Crippen LogP contribution is 2.46. The lowest BCUT2D eigenvalue weighted by molar-refractivity contribution is -0.384. The van der Waals surface area contributed by atoms with Gasteiger partial charge in [-0.2, -0.15) is 9.41 Å². The maximum atomic E-state index is 12.9. The van der Waals surface area contributed by atoms with E-state index in [1.807, 2.05) is 25.3 Å². The molecular weight excluding hydrogens is 458 g/mol. The monoisotopic (exact) mass is 485 g/mol. The topological polar surface area (TPSA) is 117 Å². The molecule has 2 aromatic carbocycles. The third-order valence-corrected chi connectivity index (χ3v) is 8.10. The van der Waals surface area contributed by atoms with E-state index in [1.54, 1.807) is 6.21 Å². The summed E-state index contributed by atoms with van der Waals surface area (Å²) in [4.78, 5) is 13.0. The van der Waals surface area contributed by atoms with E-state index in [2.05, 4.69) is 41.4 Å². The molecule has 2 aliphatic rings. The lowest BCUT2D eigenvalue weighted by Gasteiger charge is -2.26. The Morgan fingerprint density at radius 3 is 2.56 bits per heavy atom. The summed E-state index contributed by atoms with van der Waals surface area (Å²) in [6.07, 6.45) is 3.40. The van der Waals surface area contributed by atoms with Gasteiger partial charge in [-0.15, -0.1) is 0 Å². The summed E-state index contributed by atoms with van der Waals surface area (Å²) >= 11 is 0. The van der Waals surface area contributed by atoms with Gasteiger partial charge in [0.2, 0.25) is 10.0 Å². The SMILES string of the molecule is CN1/C(=C\C=N\Nc2ccc(S(=O)(=O)N3CCOCC3)cc2[N+](=O)[O-])C(C)(C)c2ccccc21. The molecule has 180 valence electrons. The first-order valence-corrected chi connectivity index (χ1v) is 12.3.